The Morgan fingerprint density at radius 3 is 2.67 bits per heavy atom. The predicted molar refractivity (Wildman–Crippen MR) is 105 cm³/mol. The van der Waals surface area contributed by atoms with Crippen LogP contribution in [0.1, 0.15) is 18.5 Å². The summed E-state index contributed by atoms with van der Waals surface area (Å²) in [5.41, 5.74) is 2.14. The number of aromatic nitrogens is 3. The first-order chi connectivity index (χ1) is 12.9. The molecule has 0 aliphatic heterocycles. The van der Waals surface area contributed by atoms with Gasteiger partial charge >= 0.3 is 0 Å². The van der Waals surface area contributed by atoms with E-state index in [4.69, 9.17) is 0 Å². The lowest BCUT2D eigenvalue weighted by atomic mass is 10.1. The molecule has 8 heteroatoms. The minimum absolute atomic E-state index is 0.00955. The molecule has 1 heterocycles. The molecular weight excluding hydrogens is 413 g/mol. The van der Waals surface area contributed by atoms with Gasteiger partial charge in [0.2, 0.25) is 5.91 Å². The minimum Gasteiger partial charge on any atom is -0.322 e. The molecule has 6 nitrogen and oxygen atoms in total. The molecule has 3 rings (SSSR count). The largest absolute Gasteiger partial charge is 0.322 e. The highest BCUT2D eigenvalue weighted by Crippen LogP contribution is 2.21. The number of halogens is 2. The summed E-state index contributed by atoms with van der Waals surface area (Å²) in [4.78, 5) is 18.1. The van der Waals surface area contributed by atoms with Crippen molar-refractivity contribution in [3.8, 4) is 5.69 Å². The summed E-state index contributed by atoms with van der Waals surface area (Å²) in [6, 6.07) is 12.4. The number of nitrogens with one attached hydrogen (secondary N) is 1. The third-order valence-electron chi connectivity index (χ3n) is 4.32. The van der Waals surface area contributed by atoms with Gasteiger partial charge in [0.1, 0.15) is 18.5 Å². The summed E-state index contributed by atoms with van der Waals surface area (Å²) < 4.78 is 16.2. The van der Waals surface area contributed by atoms with Crippen molar-refractivity contribution in [2.24, 2.45) is 0 Å². The predicted octanol–water partition coefficient (Wildman–Crippen LogP) is 3.80. The fourth-order valence-electron chi connectivity index (χ4n) is 2.65. The summed E-state index contributed by atoms with van der Waals surface area (Å²) >= 11 is 3.20. The Hall–Kier alpha value is -2.58. The molecule has 27 heavy (non-hydrogen) atoms. The summed E-state index contributed by atoms with van der Waals surface area (Å²) in [5, 5.41) is 6.70. The van der Waals surface area contributed by atoms with Crippen molar-refractivity contribution in [2.45, 2.75) is 13.0 Å². The maximum atomic E-state index is 13.9. The van der Waals surface area contributed by atoms with E-state index in [1.54, 1.807) is 17.1 Å². The second kappa shape index (κ2) is 8.41. The molecule has 1 amide bonds. The van der Waals surface area contributed by atoms with Crippen molar-refractivity contribution in [1.82, 2.24) is 19.7 Å². The first kappa shape index (κ1) is 19.2. The van der Waals surface area contributed by atoms with Gasteiger partial charge in [0.15, 0.2) is 0 Å². The molecule has 1 atom stereocenters. The maximum Gasteiger partial charge on any atom is 0.238 e. The highest BCUT2D eigenvalue weighted by Gasteiger charge is 2.16. The van der Waals surface area contributed by atoms with E-state index in [0.29, 0.717) is 4.47 Å². The Balaban J connectivity index is 1.61. The molecule has 0 fully saturated rings. The lowest BCUT2D eigenvalue weighted by Crippen LogP contribution is -2.32. The average molecular weight is 432 g/mol. The zero-order chi connectivity index (χ0) is 19.4. The van der Waals surface area contributed by atoms with Crippen molar-refractivity contribution in [3.05, 3.63) is 71.0 Å². The Kier molecular flexibility index (Phi) is 5.98. The Bertz CT molecular complexity index is 914. The molecule has 0 bridgehead atoms. The molecule has 0 aliphatic rings. The monoisotopic (exact) mass is 431 g/mol. The molecule has 0 saturated heterocycles. The number of hydrogen-bond donors (Lipinski definition) is 1. The second-order valence-electron chi connectivity index (χ2n) is 6.20. The number of nitrogens with zero attached hydrogens (tertiary/aromatic N) is 4. The van der Waals surface area contributed by atoms with Gasteiger partial charge in [-0.3, -0.25) is 9.69 Å². The van der Waals surface area contributed by atoms with Crippen LogP contribution in [0.5, 0.6) is 0 Å². The maximum absolute atomic E-state index is 13.9. The molecular formula is C19H19BrFN5O. The summed E-state index contributed by atoms with van der Waals surface area (Å²) in [7, 11) is 1.85. The lowest BCUT2D eigenvalue weighted by molar-refractivity contribution is -0.117. The number of anilines is 1. The Morgan fingerprint density at radius 1 is 1.30 bits per heavy atom. The number of benzene rings is 2. The van der Waals surface area contributed by atoms with Gasteiger partial charge in [0, 0.05) is 10.5 Å². The Morgan fingerprint density at radius 2 is 2.04 bits per heavy atom. The quantitative estimate of drug-likeness (QED) is 0.644. The van der Waals surface area contributed by atoms with Crippen LogP contribution in [0, 0.1) is 5.82 Å². The van der Waals surface area contributed by atoms with E-state index in [-0.39, 0.29) is 24.2 Å². The van der Waals surface area contributed by atoms with Crippen LogP contribution in [-0.2, 0) is 4.79 Å². The highest BCUT2D eigenvalue weighted by atomic mass is 79.9. The fraction of sp³-hybridized carbons (Fsp3) is 0.211. The number of likely N-dealkylation sites (N-methyl/N-ethyl adjacent to an activating group) is 1. The van der Waals surface area contributed by atoms with Crippen molar-refractivity contribution in [1.29, 1.82) is 0 Å². The van der Waals surface area contributed by atoms with Crippen LogP contribution in [0.25, 0.3) is 5.69 Å². The highest BCUT2D eigenvalue weighted by molar-refractivity contribution is 9.10. The van der Waals surface area contributed by atoms with Crippen LogP contribution >= 0.6 is 15.9 Å². The van der Waals surface area contributed by atoms with Gasteiger partial charge in [-0.05, 0) is 49.9 Å². The van der Waals surface area contributed by atoms with Gasteiger partial charge in [0.25, 0.3) is 0 Å². The molecule has 0 radical (unpaired) electrons. The number of carbonyl (C=O) groups is 1. The van der Waals surface area contributed by atoms with E-state index in [1.807, 2.05) is 43.1 Å². The molecule has 1 aromatic heterocycles. The minimum atomic E-state index is -0.475. The van der Waals surface area contributed by atoms with Crippen LogP contribution in [0.3, 0.4) is 0 Å². The zero-order valence-corrected chi connectivity index (χ0v) is 16.5. The average Bonchev–Trinajstić information content (AvgIpc) is 3.18. The molecule has 1 N–H and O–H groups in total. The van der Waals surface area contributed by atoms with Gasteiger partial charge < -0.3 is 5.32 Å². The molecule has 3 aromatic rings. The van der Waals surface area contributed by atoms with E-state index in [2.05, 4.69) is 31.3 Å². The van der Waals surface area contributed by atoms with Gasteiger partial charge in [-0.25, -0.2) is 14.1 Å². The SMILES string of the molecule is C[C@H](c1ccc(-n2cncn2)cc1)N(C)CC(=O)Nc1ccc(Br)cc1F. The first-order valence-electron chi connectivity index (χ1n) is 8.34. The van der Waals surface area contributed by atoms with Crippen LogP contribution < -0.4 is 5.32 Å². The molecule has 0 spiro atoms. The fourth-order valence-corrected chi connectivity index (χ4v) is 2.98. The standard InChI is InChI=1S/C19H19BrFN5O/c1-13(14-3-6-16(7-4-14)26-12-22-11-23-26)25(2)10-19(27)24-18-8-5-15(20)9-17(18)21/h3-9,11-13H,10H2,1-2H3,(H,24,27)/t13-/m1/s1. The lowest BCUT2D eigenvalue weighted by Gasteiger charge is -2.24. The summed E-state index contributed by atoms with van der Waals surface area (Å²) in [5.74, 6) is -0.748. The molecule has 0 aliphatic carbocycles. The summed E-state index contributed by atoms with van der Waals surface area (Å²) in [6.45, 7) is 2.15. The van der Waals surface area contributed by atoms with Crippen molar-refractivity contribution >= 4 is 27.5 Å². The zero-order valence-electron chi connectivity index (χ0n) is 14.9. The van der Waals surface area contributed by atoms with Crippen molar-refractivity contribution in [2.75, 3.05) is 18.9 Å². The third-order valence-corrected chi connectivity index (χ3v) is 4.81. The van der Waals surface area contributed by atoms with E-state index >= 15 is 0 Å². The second-order valence-corrected chi connectivity index (χ2v) is 7.11. The number of hydrogen-bond acceptors (Lipinski definition) is 4. The normalized spacial score (nSPS) is 12.2. The Labute approximate surface area is 165 Å². The number of rotatable bonds is 6. The number of carbonyl (C=O) groups excluding carboxylic acids is 1. The van der Waals surface area contributed by atoms with Gasteiger partial charge in [-0.15, -0.1) is 0 Å². The van der Waals surface area contributed by atoms with E-state index < -0.39 is 5.82 Å². The van der Waals surface area contributed by atoms with Crippen molar-refractivity contribution in [3.63, 3.8) is 0 Å². The summed E-state index contributed by atoms with van der Waals surface area (Å²) in [6.07, 6.45) is 3.12. The van der Waals surface area contributed by atoms with Crippen LogP contribution in [-0.4, -0.2) is 39.2 Å². The van der Waals surface area contributed by atoms with Gasteiger partial charge in [-0.1, -0.05) is 28.1 Å². The molecule has 0 unspecified atom stereocenters. The molecule has 140 valence electrons. The first-order valence-corrected chi connectivity index (χ1v) is 9.13. The van der Waals surface area contributed by atoms with Crippen LogP contribution in [0.15, 0.2) is 59.6 Å². The van der Waals surface area contributed by atoms with Crippen LogP contribution in [0.4, 0.5) is 10.1 Å². The van der Waals surface area contributed by atoms with Gasteiger partial charge in [0.05, 0.1) is 17.9 Å². The van der Waals surface area contributed by atoms with Crippen molar-refractivity contribution < 1.29 is 9.18 Å². The van der Waals surface area contributed by atoms with Gasteiger partial charge in [-0.2, -0.15) is 5.10 Å². The van der Waals surface area contributed by atoms with Crippen LogP contribution in [0.2, 0.25) is 0 Å². The smallest absolute Gasteiger partial charge is 0.238 e. The number of amides is 1. The topological polar surface area (TPSA) is 63.1 Å². The third kappa shape index (κ3) is 4.78. The van der Waals surface area contributed by atoms with E-state index in [9.17, 15) is 9.18 Å². The molecule has 0 saturated carbocycles. The molecule has 2 aromatic carbocycles. The van der Waals surface area contributed by atoms with E-state index in [0.717, 1.165) is 11.3 Å². The van der Waals surface area contributed by atoms with E-state index in [1.165, 1.54) is 18.5 Å².